The topological polar surface area (TPSA) is 122 Å². The summed E-state index contributed by atoms with van der Waals surface area (Å²) in [7, 11) is 0. The van der Waals surface area contributed by atoms with Crippen LogP contribution in [0.15, 0.2) is 0 Å². The lowest BCUT2D eigenvalue weighted by Gasteiger charge is -2.24. The number of hydrogen-bond acceptors (Lipinski definition) is 5. The Kier molecular flexibility index (Phi) is 22.5. The van der Waals surface area contributed by atoms with Crippen LogP contribution < -0.4 is 10.6 Å². The highest BCUT2D eigenvalue weighted by molar-refractivity contribution is 5.85. The van der Waals surface area contributed by atoms with Crippen molar-refractivity contribution >= 4 is 23.8 Å². The van der Waals surface area contributed by atoms with Crippen molar-refractivity contribution in [3.8, 4) is 0 Å². The molecule has 0 saturated heterocycles. The van der Waals surface area contributed by atoms with Crippen LogP contribution in [0.2, 0.25) is 0 Å². The van der Waals surface area contributed by atoms with Crippen molar-refractivity contribution in [2.45, 2.75) is 168 Å². The van der Waals surface area contributed by atoms with Crippen LogP contribution in [0.3, 0.4) is 0 Å². The molecule has 0 fully saturated rings. The summed E-state index contributed by atoms with van der Waals surface area (Å²) in [6, 6.07) is -0.861. The summed E-state index contributed by atoms with van der Waals surface area (Å²) in [6.45, 7) is 8.02. The van der Waals surface area contributed by atoms with Gasteiger partial charge in [-0.15, -0.1) is 0 Å². The van der Waals surface area contributed by atoms with E-state index in [2.05, 4.69) is 17.6 Å². The van der Waals surface area contributed by atoms with Gasteiger partial charge in [-0.25, -0.2) is 4.79 Å². The molecule has 1 atom stereocenters. The maximum atomic E-state index is 12.7. The molecule has 8 heteroatoms. The maximum Gasteiger partial charge on any atom is 0.329 e. The Hall–Kier alpha value is -2.12. The minimum Gasteiger partial charge on any atom is -0.481 e. The molecule has 0 saturated carbocycles. The normalized spacial score (nSPS) is 12.1. The Morgan fingerprint density at radius 1 is 0.667 bits per heavy atom. The van der Waals surface area contributed by atoms with E-state index in [-0.39, 0.29) is 31.1 Å². The Morgan fingerprint density at radius 3 is 1.67 bits per heavy atom. The first kappa shape index (κ1) is 36.9. The standard InChI is InChI=1S/C31H58N2O6/c1-5-6-7-8-9-10-11-12-13-14-15-16-18-21-28(35)33-26(30(38)39-31(2,3)4)23-24-27(34)32-25-20-17-19-22-29(36)37/h26H,5-25H2,1-4H3,(H,32,34)(H,33,35)(H,36,37)/t26-/m0/s1. The van der Waals surface area contributed by atoms with Crippen LogP contribution in [0, 0.1) is 0 Å². The average molecular weight is 555 g/mol. The second-order valence-corrected chi connectivity index (χ2v) is 11.7. The molecule has 0 aromatic heterocycles. The fraction of sp³-hybridized carbons (Fsp3) is 0.871. The van der Waals surface area contributed by atoms with Crippen LogP contribution in [0.5, 0.6) is 0 Å². The SMILES string of the molecule is CCCCCCCCCCCCCCCC(=O)N[C@@H](CCC(=O)NCCCCCC(=O)O)C(=O)OC(C)(C)C. The molecule has 0 bridgehead atoms. The first-order valence-electron chi connectivity index (χ1n) is 15.6. The molecular formula is C31H58N2O6. The van der Waals surface area contributed by atoms with E-state index in [0.717, 1.165) is 25.7 Å². The van der Waals surface area contributed by atoms with E-state index in [9.17, 15) is 19.2 Å². The first-order chi connectivity index (χ1) is 18.5. The van der Waals surface area contributed by atoms with E-state index in [1.165, 1.54) is 64.2 Å². The van der Waals surface area contributed by atoms with E-state index >= 15 is 0 Å². The van der Waals surface area contributed by atoms with Gasteiger partial charge in [-0.3, -0.25) is 14.4 Å². The molecule has 0 aliphatic rings. The fourth-order valence-corrected chi connectivity index (χ4v) is 4.36. The van der Waals surface area contributed by atoms with Gasteiger partial charge < -0.3 is 20.5 Å². The number of carboxylic acids is 1. The second kappa shape index (κ2) is 23.7. The number of carbonyl (C=O) groups is 4. The van der Waals surface area contributed by atoms with Crippen LogP contribution in [0.4, 0.5) is 0 Å². The first-order valence-corrected chi connectivity index (χ1v) is 15.6. The smallest absolute Gasteiger partial charge is 0.329 e. The Morgan fingerprint density at radius 2 is 1.15 bits per heavy atom. The predicted octanol–water partition coefficient (Wildman–Crippen LogP) is 6.84. The number of amides is 2. The van der Waals surface area contributed by atoms with Gasteiger partial charge in [0.25, 0.3) is 0 Å². The number of esters is 1. The molecule has 0 aliphatic heterocycles. The summed E-state index contributed by atoms with van der Waals surface area (Å²) in [4.78, 5) is 48.0. The quantitative estimate of drug-likeness (QED) is 0.0839. The highest BCUT2D eigenvalue weighted by Gasteiger charge is 2.27. The fourth-order valence-electron chi connectivity index (χ4n) is 4.36. The van der Waals surface area contributed by atoms with Crippen LogP contribution >= 0.6 is 0 Å². The summed E-state index contributed by atoms with van der Waals surface area (Å²) in [5.41, 5.74) is -0.687. The van der Waals surface area contributed by atoms with Crippen molar-refractivity contribution in [1.29, 1.82) is 0 Å². The van der Waals surface area contributed by atoms with Gasteiger partial charge in [0, 0.05) is 25.8 Å². The van der Waals surface area contributed by atoms with Crippen molar-refractivity contribution < 1.29 is 29.0 Å². The molecule has 3 N–H and O–H groups in total. The van der Waals surface area contributed by atoms with Gasteiger partial charge in [0.05, 0.1) is 0 Å². The number of carboxylic acid groups (broad SMARTS) is 1. The lowest BCUT2D eigenvalue weighted by Crippen LogP contribution is -2.44. The number of aliphatic carboxylic acids is 1. The minimum absolute atomic E-state index is 0.0953. The number of hydrogen-bond donors (Lipinski definition) is 3. The second-order valence-electron chi connectivity index (χ2n) is 11.7. The third-order valence-corrected chi connectivity index (χ3v) is 6.58. The van der Waals surface area contributed by atoms with Gasteiger partial charge >= 0.3 is 11.9 Å². The van der Waals surface area contributed by atoms with Crippen LogP contribution in [0.25, 0.3) is 0 Å². The molecule has 0 unspecified atom stereocenters. The van der Waals surface area contributed by atoms with Gasteiger partial charge in [0.2, 0.25) is 11.8 Å². The highest BCUT2D eigenvalue weighted by atomic mass is 16.6. The molecule has 0 aliphatic carbocycles. The van der Waals surface area contributed by atoms with Crippen LogP contribution in [-0.4, -0.2) is 47.0 Å². The van der Waals surface area contributed by atoms with Crippen molar-refractivity contribution in [1.82, 2.24) is 10.6 Å². The molecule has 0 rings (SSSR count). The number of rotatable bonds is 25. The summed E-state index contributed by atoms with van der Waals surface area (Å²) in [5.74, 6) is -1.73. The molecular weight excluding hydrogens is 496 g/mol. The van der Waals surface area contributed by atoms with E-state index < -0.39 is 23.6 Å². The zero-order valence-corrected chi connectivity index (χ0v) is 25.4. The lowest BCUT2D eigenvalue weighted by atomic mass is 10.0. The predicted molar refractivity (Wildman–Crippen MR) is 156 cm³/mol. The number of carbonyl (C=O) groups excluding carboxylic acids is 3. The van der Waals surface area contributed by atoms with Gasteiger partial charge in [0.15, 0.2) is 0 Å². The largest absolute Gasteiger partial charge is 0.481 e. The van der Waals surface area contributed by atoms with Crippen LogP contribution in [0.1, 0.15) is 156 Å². The molecule has 8 nitrogen and oxygen atoms in total. The molecule has 0 spiro atoms. The summed E-state index contributed by atoms with van der Waals surface area (Å²) >= 11 is 0. The van der Waals surface area contributed by atoms with Crippen molar-refractivity contribution in [3.05, 3.63) is 0 Å². The van der Waals surface area contributed by atoms with Crippen molar-refractivity contribution in [2.75, 3.05) is 6.54 Å². The Bertz CT molecular complexity index is 674. The van der Waals surface area contributed by atoms with Gasteiger partial charge in [-0.05, 0) is 46.5 Å². The summed E-state index contributed by atoms with van der Waals surface area (Å²) < 4.78 is 5.47. The third-order valence-electron chi connectivity index (χ3n) is 6.58. The number of ether oxygens (including phenoxy) is 1. The van der Waals surface area contributed by atoms with E-state index in [4.69, 9.17) is 9.84 Å². The van der Waals surface area contributed by atoms with Crippen molar-refractivity contribution in [3.63, 3.8) is 0 Å². The molecule has 0 heterocycles. The maximum absolute atomic E-state index is 12.7. The molecule has 0 aromatic rings. The van der Waals surface area contributed by atoms with E-state index in [1.54, 1.807) is 20.8 Å². The van der Waals surface area contributed by atoms with Crippen LogP contribution in [-0.2, 0) is 23.9 Å². The zero-order chi connectivity index (χ0) is 29.4. The minimum atomic E-state index is -0.861. The van der Waals surface area contributed by atoms with Crippen molar-refractivity contribution in [2.24, 2.45) is 0 Å². The molecule has 0 radical (unpaired) electrons. The zero-order valence-electron chi connectivity index (χ0n) is 25.4. The average Bonchev–Trinajstić information content (AvgIpc) is 2.85. The molecule has 228 valence electrons. The van der Waals surface area contributed by atoms with E-state index in [0.29, 0.717) is 25.8 Å². The monoisotopic (exact) mass is 554 g/mol. The van der Waals surface area contributed by atoms with Gasteiger partial charge in [-0.2, -0.15) is 0 Å². The summed E-state index contributed by atoms with van der Waals surface area (Å²) in [6.07, 6.45) is 18.8. The van der Waals surface area contributed by atoms with E-state index in [1.807, 2.05) is 0 Å². The third kappa shape index (κ3) is 25.9. The Labute approximate surface area is 237 Å². The molecule has 39 heavy (non-hydrogen) atoms. The number of unbranched alkanes of at least 4 members (excludes halogenated alkanes) is 14. The Balaban J connectivity index is 4.19. The van der Waals surface area contributed by atoms with Gasteiger partial charge in [-0.1, -0.05) is 90.4 Å². The highest BCUT2D eigenvalue weighted by Crippen LogP contribution is 2.14. The summed E-state index contributed by atoms with van der Waals surface area (Å²) in [5, 5.41) is 14.2. The molecule has 2 amide bonds. The van der Waals surface area contributed by atoms with Gasteiger partial charge in [0.1, 0.15) is 11.6 Å². The molecule has 0 aromatic carbocycles. The lowest BCUT2D eigenvalue weighted by molar-refractivity contribution is -0.159. The number of nitrogens with one attached hydrogen (secondary N) is 2.